The van der Waals surface area contributed by atoms with Crippen LogP contribution in [-0.2, 0) is 13.6 Å². The Labute approximate surface area is 142 Å². The maximum absolute atomic E-state index is 12.4. The third kappa shape index (κ3) is 3.19. The Morgan fingerprint density at radius 2 is 1.87 bits per heavy atom. The molecule has 2 aromatic carbocycles. The van der Waals surface area contributed by atoms with Gasteiger partial charge in [0, 0.05) is 28.8 Å². The first kappa shape index (κ1) is 15.5. The minimum absolute atomic E-state index is 0.00417. The summed E-state index contributed by atoms with van der Waals surface area (Å²) < 4.78 is 4.43. The van der Waals surface area contributed by atoms with Gasteiger partial charge in [-0.3, -0.25) is 10.2 Å². The lowest BCUT2D eigenvalue weighted by Gasteiger charge is -2.02. The lowest BCUT2D eigenvalue weighted by atomic mass is 10.1. The second kappa shape index (κ2) is 6.38. The number of carbonyl (C=O) groups excluding carboxylic acids is 1. The number of hydrogen-bond acceptors (Lipinski definition) is 2. The summed E-state index contributed by atoms with van der Waals surface area (Å²) in [7, 11) is 1.84. The van der Waals surface area contributed by atoms with Crippen molar-refractivity contribution >= 4 is 21.7 Å². The fraction of sp³-hybridized carbons (Fsp3) is 0.111. The van der Waals surface area contributed by atoms with Crippen LogP contribution in [0.3, 0.4) is 0 Å². The zero-order valence-corrected chi connectivity index (χ0v) is 14.2. The molecule has 3 aromatic rings. The van der Waals surface area contributed by atoms with Crippen LogP contribution in [0.2, 0.25) is 0 Å². The first-order valence-corrected chi connectivity index (χ1v) is 8.00. The molecule has 0 fully saturated rings. The number of nitrogens with zero attached hydrogens (tertiary/aromatic N) is 2. The number of rotatable bonds is 4. The highest BCUT2D eigenvalue weighted by Gasteiger charge is 2.12. The predicted octanol–water partition coefficient (Wildman–Crippen LogP) is 3.62. The van der Waals surface area contributed by atoms with E-state index in [0.717, 1.165) is 15.7 Å². The average molecular weight is 370 g/mol. The number of Topliss-reactive ketones (excluding diaryl/α,β-unsaturated/α-hetero) is 1. The molecular formula is C18H16BrN3O. The number of ketones is 1. The highest BCUT2D eigenvalue weighted by atomic mass is 79.9. The van der Waals surface area contributed by atoms with Gasteiger partial charge in [-0.05, 0) is 12.1 Å². The summed E-state index contributed by atoms with van der Waals surface area (Å²) in [6, 6.07) is 17.1. The molecule has 0 spiro atoms. The van der Waals surface area contributed by atoms with E-state index in [1.165, 1.54) is 0 Å². The Morgan fingerprint density at radius 3 is 2.57 bits per heavy atom. The van der Waals surface area contributed by atoms with Crippen LogP contribution in [-0.4, -0.2) is 14.9 Å². The molecule has 0 aliphatic carbocycles. The fourth-order valence-corrected chi connectivity index (χ4v) is 2.91. The van der Waals surface area contributed by atoms with Crippen LogP contribution in [0.4, 0.5) is 0 Å². The minimum Gasteiger partial charge on any atom is -0.314 e. The van der Waals surface area contributed by atoms with Crippen LogP contribution >= 0.6 is 15.9 Å². The summed E-state index contributed by atoms with van der Waals surface area (Å²) in [5, 5.41) is 8.24. The van der Waals surface area contributed by atoms with Crippen LogP contribution in [0.25, 0.3) is 11.3 Å². The van der Waals surface area contributed by atoms with E-state index >= 15 is 0 Å². The molecule has 3 rings (SSSR count). The molecule has 4 nitrogen and oxygen atoms in total. The number of nitrogens with one attached hydrogen (secondary N) is 1. The fourth-order valence-electron chi connectivity index (χ4n) is 2.51. The molecule has 0 radical (unpaired) electrons. The van der Waals surface area contributed by atoms with Gasteiger partial charge in [0.25, 0.3) is 0 Å². The lowest BCUT2D eigenvalue weighted by molar-refractivity contribution is 0.0970. The zero-order valence-electron chi connectivity index (χ0n) is 12.7. The van der Waals surface area contributed by atoms with Crippen molar-refractivity contribution in [1.29, 1.82) is 5.41 Å². The van der Waals surface area contributed by atoms with Crippen molar-refractivity contribution < 1.29 is 4.79 Å². The Kier molecular flexibility index (Phi) is 4.30. The summed E-state index contributed by atoms with van der Waals surface area (Å²) in [5.74, 6) is -0.00417. The summed E-state index contributed by atoms with van der Waals surface area (Å²) >= 11 is 3.46. The molecule has 0 saturated carbocycles. The Bertz CT molecular complexity index is 910. The molecule has 116 valence electrons. The summed E-state index contributed by atoms with van der Waals surface area (Å²) in [6.07, 6.45) is 1.85. The topological polar surface area (TPSA) is 50.8 Å². The second-order valence-corrected chi connectivity index (χ2v) is 6.24. The van der Waals surface area contributed by atoms with Gasteiger partial charge in [-0.2, -0.15) is 0 Å². The van der Waals surface area contributed by atoms with E-state index in [2.05, 4.69) is 15.9 Å². The molecule has 1 N–H and O–H groups in total. The number of aromatic nitrogens is 2. The van der Waals surface area contributed by atoms with Crippen molar-refractivity contribution in [2.45, 2.75) is 6.54 Å². The van der Waals surface area contributed by atoms with Crippen molar-refractivity contribution in [3.63, 3.8) is 0 Å². The van der Waals surface area contributed by atoms with Crippen LogP contribution < -0.4 is 5.62 Å². The van der Waals surface area contributed by atoms with E-state index in [4.69, 9.17) is 5.41 Å². The van der Waals surface area contributed by atoms with Crippen LogP contribution in [0.1, 0.15) is 10.4 Å². The first-order chi connectivity index (χ1) is 11.1. The number of benzene rings is 2. The highest BCUT2D eigenvalue weighted by molar-refractivity contribution is 9.10. The van der Waals surface area contributed by atoms with E-state index in [1.54, 1.807) is 21.3 Å². The Morgan fingerprint density at radius 1 is 1.13 bits per heavy atom. The molecule has 0 aliphatic heterocycles. The van der Waals surface area contributed by atoms with Crippen molar-refractivity contribution in [2.24, 2.45) is 7.05 Å². The summed E-state index contributed by atoms with van der Waals surface area (Å²) in [6.45, 7) is 0.157. The maximum atomic E-state index is 12.4. The van der Waals surface area contributed by atoms with Crippen LogP contribution in [0, 0.1) is 5.41 Å². The van der Waals surface area contributed by atoms with E-state index in [9.17, 15) is 4.79 Å². The van der Waals surface area contributed by atoms with Crippen LogP contribution in [0.5, 0.6) is 0 Å². The SMILES string of the molecule is Cn1c(-c2cccc(Br)c2)cn(CC(=O)c2ccccc2)c1=N. The van der Waals surface area contributed by atoms with Crippen molar-refractivity contribution in [3.8, 4) is 11.3 Å². The average Bonchev–Trinajstić information content (AvgIpc) is 2.84. The van der Waals surface area contributed by atoms with Crippen molar-refractivity contribution in [1.82, 2.24) is 9.13 Å². The van der Waals surface area contributed by atoms with Gasteiger partial charge in [-0.1, -0.05) is 58.4 Å². The first-order valence-electron chi connectivity index (χ1n) is 7.21. The number of imidazole rings is 1. The standard InChI is InChI=1S/C18H16BrN3O/c1-21-16(14-8-5-9-15(19)10-14)11-22(18(21)20)12-17(23)13-6-3-2-4-7-13/h2-11,20H,12H2,1H3. The molecule has 0 bridgehead atoms. The number of halogens is 1. The minimum atomic E-state index is -0.00417. The number of hydrogen-bond donors (Lipinski definition) is 1. The Hall–Kier alpha value is -2.40. The predicted molar refractivity (Wildman–Crippen MR) is 93.2 cm³/mol. The van der Waals surface area contributed by atoms with Crippen LogP contribution in [0.15, 0.2) is 65.3 Å². The second-order valence-electron chi connectivity index (χ2n) is 5.32. The van der Waals surface area contributed by atoms with Crippen molar-refractivity contribution in [3.05, 3.63) is 76.4 Å². The van der Waals surface area contributed by atoms with Gasteiger partial charge < -0.3 is 9.13 Å². The monoisotopic (exact) mass is 369 g/mol. The van der Waals surface area contributed by atoms with Gasteiger partial charge in [0.05, 0.1) is 12.2 Å². The molecule has 0 aliphatic rings. The van der Waals surface area contributed by atoms with Gasteiger partial charge in [0.1, 0.15) is 0 Å². The molecule has 23 heavy (non-hydrogen) atoms. The summed E-state index contributed by atoms with van der Waals surface area (Å²) in [5.41, 5.74) is 2.86. The largest absolute Gasteiger partial charge is 0.314 e. The van der Waals surface area contributed by atoms with Gasteiger partial charge in [-0.25, -0.2) is 0 Å². The quantitative estimate of drug-likeness (QED) is 0.701. The smallest absolute Gasteiger partial charge is 0.202 e. The molecule has 0 amide bonds. The molecule has 1 aromatic heterocycles. The molecule has 0 atom stereocenters. The molecule has 0 unspecified atom stereocenters. The van der Waals surface area contributed by atoms with Crippen molar-refractivity contribution in [2.75, 3.05) is 0 Å². The maximum Gasteiger partial charge on any atom is 0.202 e. The van der Waals surface area contributed by atoms with E-state index in [1.807, 2.05) is 55.7 Å². The van der Waals surface area contributed by atoms with Gasteiger partial charge >= 0.3 is 0 Å². The van der Waals surface area contributed by atoms with Gasteiger partial charge in [0.15, 0.2) is 5.78 Å². The highest BCUT2D eigenvalue weighted by Crippen LogP contribution is 2.21. The van der Waals surface area contributed by atoms with Gasteiger partial charge in [-0.15, -0.1) is 0 Å². The molecule has 0 saturated heterocycles. The third-order valence-electron chi connectivity index (χ3n) is 3.76. The third-order valence-corrected chi connectivity index (χ3v) is 4.25. The number of carbonyl (C=O) groups is 1. The van der Waals surface area contributed by atoms with E-state index < -0.39 is 0 Å². The Balaban J connectivity index is 1.95. The van der Waals surface area contributed by atoms with E-state index in [-0.39, 0.29) is 12.3 Å². The zero-order chi connectivity index (χ0) is 16.4. The molecular weight excluding hydrogens is 354 g/mol. The molecule has 5 heteroatoms. The summed E-state index contributed by atoms with van der Waals surface area (Å²) in [4.78, 5) is 12.4. The van der Waals surface area contributed by atoms with Gasteiger partial charge in [0.2, 0.25) is 5.62 Å². The molecule has 1 heterocycles. The lowest BCUT2D eigenvalue weighted by Crippen LogP contribution is -2.25. The normalized spacial score (nSPS) is 10.7. The van der Waals surface area contributed by atoms with E-state index in [0.29, 0.717) is 11.2 Å².